The molecule has 0 saturated carbocycles. The minimum Gasteiger partial charge on any atom is -0.480 e. The molecule has 3 aromatic rings. The average Bonchev–Trinajstić information content (AvgIpc) is 2.92. The summed E-state index contributed by atoms with van der Waals surface area (Å²) >= 11 is 0. The molecule has 1 atom stereocenters. The number of carboxylic acids is 1. The maximum atomic E-state index is 15.1. The largest absolute Gasteiger partial charge is 0.480 e. The summed E-state index contributed by atoms with van der Waals surface area (Å²) in [7, 11) is 1.51. The highest BCUT2D eigenvalue weighted by Gasteiger charge is 2.32. The van der Waals surface area contributed by atoms with Crippen molar-refractivity contribution >= 4 is 28.5 Å². The van der Waals surface area contributed by atoms with Crippen LogP contribution in [0.3, 0.4) is 0 Å². The Morgan fingerprint density at radius 3 is 2.89 bits per heavy atom. The van der Waals surface area contributed by atoms with Gasteiger partial charge in [-0.05, 0) is 49.4 Å². The van der Waals surface area contributed by atoms with Gasteiger partial charge in [0.2, 0.25) is 0 Å². The fraction of sp³-hybridized carbons (Fsp3) is 0.481. The Morgan fingerprint density at radius 1 is 1.24 bits per heavy atom. The Hall–Kier alpha value is -3.44. The van der Waals surface area contributed by atoms with Crippen LogP contribution in [0.4, 0.5) is 20.4 Å². The summed E-state index contributed by atoms with van der Waals surface area (Å²) in [5, 5.41) is 16.7. The molecule has 1 aliphatic heterocycles. The van der Waals surface area contributed by atoms with Crippen molar-refractivity contribution in [3.05, 3.63) is 54.0 Å². The number of ether oxygens (including phenoxy) is 1. The van der Waals surface area contributed by atoms with Gasteiger partial charge in [-0.2, -0.15) is 0 Å². The van der Waals surface area contributed by atoms with Crippen molar-refractivity contribution in [2.24, 2.45) is 0 Å². The van der Waals surface area contributed by atoms with E-state index in [4.69, 9.17) is 4.74 Å². The number of hydrogen-bond donors (Lipinski definition) is 3. The van der Waals surface area contributed by atoms with Crippen LogP contribution < -0.4 is 10.6 Å². The van der Waals surface area contributed by atoms with E-state index in [-0.39, 0.29) is 39.0 Å². The average molecular weight is 529 g/mol. The third-order valence-electron chi connectivity index (χ3n) is 6.65. The predicted molar refractivity (Wildman–Crippen MR) is 142 cm³/mol. The van der Waals surface area contributed by atoms with Crippen LogP contribution in [0.5, 0.6) is 0 Å². The third kappa shape index (κ3) is 7.55. The van der Waals surface area contributed by atoms with Crippen molar-refractivity contribution in [2.75, 3.05) is 50.5 Å². The summed E-state index contributed by atoms with van der Waals surface area (Å²) < 4.78 is 35.2. The van der Waals surface area contributed by atoms with E-state index < -0.39 is 24.5 Å². The lowest BCUT2D eigenvalue weighted by molar-refractivity contribution is -0.138. The van der Waals surface area contributed by atoms with Crippen LogP contribution in [0.1, 0.15) is 30.5 Å². The second kappa shape index (κ2) is 12.9. The molecule has 3 N–H and O–H groups in total. The van der Waals surface area contributed by atoms with Crippen molar-refractivity contribution in [2.45, 2.75) is 44.1 Å². The molecule has 0 aliphatic carbocycles. The second-order valence-corrected chi connectivity index (χ2v) is 9.53. The number of nitrogens with one attached hydrogen (secondary N) is 2. The first-order chi connectivity index (χ1) is 18.3. The highest BCUT2D eigenvalue weighted by Crippen LogP contribution is 2.25. The van der Waals surface area contributed by atoms with Crippen LogP contribution in [0, 0.1) is 0 Å². The molecule has 204 valence electrons. The van der Waals surface area contributed by atoms with E-state index >= 15 is 8.78 Å². The smallest absolute Gasteiger partial charge is 0.326 e. The normalized spacial score (nSPS) is 14.2. The Bertz CT molecular complexity index is 1220. The minimum absolute atomic E-state index is 0.103. The van der Waals surface area contributed by atoms with E-state index in [0.717, 1.165) is 30.8 Å². The summed E-state index contributed by atoms with van der Waals surface area (Å²) in [6, 6.07) is 10.0. The van der Waals surface area contributed by atoms with E-state index in [1.54, 1.807) is 11.0 Å². The summed E-state index contributed by atoms with van der Waals surface area (Å²) in [5.41, 5.74) is 2.43. The standard InChI is InChI=1S/C27H34F2N6O3/c1-38-16-15-35(17-27(28,29)12-10-20-9-8-19-5-4-13-30-24(19)33-20)14-11-23(26(36)37)34-25-21-6-2-3-7-22(21)31-18-32-25/h2-3,6-9,18,23H,4-5,10-17H2,1H3,(H,30,33)(H,36,37)(H,31,32,34). The number of para-hydroxylation sites is 1. The van der Waals surface area contributed by atoms with Crippen molar-refractivity contribution in [3.63, 3.8) is 0 Å². The molecule has 38 heavy (non-hydrogen) atoms. The molecule has 1 aliphatic rings. The molecule has 9 nitrogen and oxygen atoms in total. The van der Waals surface area contributed by atoms with Gasteiger partial charge in [0.15, 0.2) is 0 Å². The number of benzene rings is 1. The van der Waals surface area contributed by atoms with E-state index in [2.05, 4.69) is 25.6 Å². The monoisotopic (exact) mass is 528 g/mol. The first-order valence-corrected chi connectivity index (χ1v) is 12.9. The van der Waals surface area contributed by atoms with Crippen LogP contribution in [0.25, 0.3) is 10.9 Å². The van der Waals surface area contributed by atoms with Crippen molar-refractivity contribution < 1.29 is 23.4 Å². The molecule has 0 bridgehead atoms. The van der Waals surface area contributed by atoms with Gasteiger partial charge >= 0.3 is 5.97 Å². The Morgan fingerprint density at radius 2 is 2.08 bits per heavy atom. The van der Waals surface area contributed by atoms with Gasteiger partial charge in [0.25, 0.3) is 5.92 Å². The van der Waals surface area contributed by atoms with Gasteiger partial charge in [-0.1, -0.05) is 18.2 Å². The predicted octanol–water partition coefficient (Wildman–Crippen LogP) is 3.85. The number of carbonyl (C=O) groups is 1. The number of carboxylic acid groups (broad SMARTS) is 1. The number of hydrogen-bond acceptors (Lipinski definition) is 8. The summed E-state index contributed by atoms with van der Waals surface area (Å²) in [5.74, 6) is -2.88. The first-order valence-electron chi connectivity index (χ1n) is 12.9. The highest BCUT2D eigenvalue weighted by molar-refractivity contribution is 5.90. The van der Waals surface area contributed by atoms with E-state index in [1.165, 1.54) is 13.4 Å². The zero-order valence-electron chi connectivity index (χ0n) is 21.5. The highest BCUT2D eigenvalue weighted by atomic mass is 19.3. The van der Waals surface area contributed by atoms with Crippen molar-refractivity contribution in [3.8, 4) is 0 Å². The topological polar surface area (TPSA) is 112 Å². The zero-order valence-corrected chi connectivity index (χ0v) is 21.5. The molecule has 0 saturated heterocycles. The van der Waals surface area contributed by atoms with Crippen molar-refractivity contribution in [1.29, 1.82) is 0 Å². The van der Waals surface area contributed by atoms with E-state index in [0.29, 0.717) is 22.4 Å². The fourth-order valence-electron chi connectivity index (χ4n) is 4.57. The lowest BCUT2D eigenvalue weighted by atomic mass is 10.0. The number of nitrogens with zero attached hydrogens (tertiary/aromatic N) is 4. The minimum atomic E-state index is -2.98. The molecule has 0 spiro atoms. The Balaban J connectivity index is 1.37. The molecule has 1 aromatic carbocycles. The number of pyridine rings is 1. The summed E-state index contributed by atoms with van der Waals surface area (Å²) in [4.78, 5) is 26.5. The molecule has 2 aromatic heterocycles. The first kappa shape index (κ1) is 27.6. The number of halogens is 2. The van der Waals surface area contributed by atoms with Crippen LogP contribution in [-0.4, -0.2) is 82.8 Å². The SMILES string of the molecule is COCCN(CCC(Nc1ncnc2ccccc12)C(=O)O)CC(F)(F)CCc1ccc2c(n1)NCCC2. The third-order valence-corrected chi connectivity index (χ3v) is 6.65. The number of alkyl halides is 2. The Labute approximate surface area is 220 Å². The van der Waals surface area contributed by atoms with E-state index in [9.17, 15) is 9.90 Å². The van der Waals surface area contributed by atoms with Gasteiger partial charge in [-0.25, -0.2) is 28.5 Å². The van der Waals surface area contributed by atoms with Gasteiger partial charge in [0.05, 0.1) is 18.7 Å². The number of aromatic nitrogens is 3. The van der Waals surface area contributed by atoms with E-state index in [1.807, 2.05) is 30.3 Å². The Kier molecular flexibility index (Phi) is 9.35. The lowest BCUT2D eigenvalue weighted by Gasteiger charge is -2.28. The lowest BCUT2D eigenvalue weighted by Crippen LogP contribution is -2.42. The zero-order chi connectivity index (χ0) is 27.0. The maximum absolute atomic E-state index is 15.1. The number of anilines is 2. The summed E-state index contributed by atoms with van der Waals surface area (Å²) in [6.07, 6.45) is 3.25. The number of aliphatic carboxylic acids is 1. The second-order valence-electron chi connectivity index (χ2n) is 9.53. The van der Waals surface area contributed by atoms with Gasteiger partial charge in [0.1, 0.15) is 24.0 Å². The molecule has 4 rings (SSSR count). The van der Waals surface area contributed by atoms with Gasteiger partial charge in [0, 0.05) is 44.2 Å². The van der Waals surface area contributed by atoms with Gasteiger partial charge in [-0.3, -0.25) is 4.90 Å². The number of rotatable bonds is 14. The molecule has 0 amide bonds. The van der Waals surface area contributed by atoms with Crippen LogP contribution in [0.15, 0.2) is 42.7 Å². The van der Waals surface area contributed by atoms with Crippen LogP contribution in [0.2, 0.25) is 0 Å². The van der Waals surface area contributed by atoms with Crippen LogP contribution >= 0.6 is 0 Å². The summed E-state index contributed by atoms with van der Waals surface area (Å²) in [6.45, 7) is 1.01. The van der Waals surface area contributed by atoms with Crippen LogP contribution in [-0.2, 0) is 22.4 Å². The molecular formula is C27H34F2N6O3. The molecule has 1 unspecified atom stereocenters. The molecule has 3 heterocycles. The molecule has 0 fully saturated rings. The maximum Gasteiger partial charge on any atom is 0.326 e. The number of aryl methyl sites for hydroxylation is 2. The molecule has 11 heteroatoms. The number of methoxy groups -OCH3 is 1. The van der Waals surface area contributed by atoms with Crippen molar-refractivity contribution in [1.82, 2.24) is 19.9 Å². The van der Waals surface area contributed by atoms with Gasteiger partial charge in [-0.15, -0.1) is 0 Å². The molecular weight excluding hydrogens is 494 g/mol. The molecule has 0 radical (unpaired) electrons. The fourth-order valence-corrected chi connectivity index (χ4v) is 4.57. The quantitative estimate of drug-likeness (QED) is 0.287. The number of fused-ring (bicyclic) bond motifs is 2. The van der Waals surface area contributed by atoms with Gasteiger partial charge < -0.3 is 20.5 Å².